The second kappa shape index (κ2) is 6.04. The van der Waals surface area contributed by atoms with Crippen molar-refractivity contribution in [1.29, 1.82) is 0 Å². The molecule has 20 heavy (non-hydrogen) atoms. The zero-order chi connectivity index (χ0) is 13.8. The molecular weight excluding hydrogens is 250 g/mol. The minimum Gasteiger partial charge on any atom is -0.491 e. The second-order valence-corrected chi connectivity index (χ2v) is 6.31. The molecule has 0 radical (unpaired) electrons. The third-order valence-corrected chi connectivity index (χ3v) is 4.81. The lowest BCUT2D eigenvalue weighted by Crippen LogP contribution is -2.42. The Labute approximate surface area is 121 Å². The zero-order valence-electron chi connectivity index (χ0n) is 12.2. The van der Waals surface area contributed by atoms with Crippen LogP contribution in [0, 0.1) is 5.41 Å². The van der Waals surface area contributed by atoms with Crippen molar-refractivity contribution >= 4 is 5.69 Å². The van der Waals surface area contributed by atoms with E-state index < -0.39 is 0 Å². The Bertz CT molecular complexity index is 440. The number of anilines is 1. The molecule has 0 amide bonds. The van der Waals surface area contributed by atoms with Crippen molar-refractivity contribution < 1.29 is 9.84 Å². The van der Waals surface area contributed by atoms with Gasteiger partial charge in [0, 0.05) is 18.5 Å². The molecule has 0 saturated heterocycles. The molecule has 0 bridgehead atoms. The molecule has 3 nitrogen and oxygen atoms in total. The third-order valence-electron chi connectivity index (χ3n) is 4.81. The molecule has 1 N–H and O–H groups in total. The van der Waals surface area contributed by atoms with Crippen LogP contribution in [-0.4, -0.2) is 31.4 Å². The Morgan fingerprint density at radius 1 is 1.10 bits per heavy atom. The first-order chi connectivity index (χ1) is 9.83. The van der Waals surface area contributed by atoms with E-state index in [9.17, 15) is 5.11 Å². The van der Waals surface area contributed by atoms with E-state index in [1.165, 1.54) is 24.9 Å². The number of aliphatic hydroxyl groups excluding tert-OH is 1. The van der Waals surface area contributed by atoms with E-state index in [4.69, 9.17) is 4.74 Å². The average molecular weight is 275 g/mol. The first-order valence-electron chi connectivity index (χ1n) is 7.91. The summed E-state index contributed by atoms with van der Waals surface area (Å²) in [4.78, 5) is 2.43. The minimum absolute atomic E-state index is 0.0930. The Morgan fingerprint density at radius 3 is 2.70 bits per heavy atom. The smallest absolute Gasteiger partial charge is 0.142 e. The normalized spacial score (nSPS) is 21.8. The first-order valence-corrected chi connectivity index (χ1v) is 7.91. The molecule has 110 valence electrons. The maximum absolute atomic E-state index is 9.93. The van der Waals surface area contributed by atoms with Gasteiger partial charge in [0.1, 0.15) is 5.75 Å². The molecule has 1 fully saturated rings. The summed E-state index contributed by atoms with van der Waals surface area (Å²) in [6.07, 6.45) is 7.20. The number of hydrogen-bond acceptors (Lipinski definition) is 3. The van der Waals surface area contributed by atoms with E-state index in [0.29, 0.717) is 6.61 Å². The van der Waals surface area contributed by atoms with Crippen LogP contribution in [0.4, 0.5) is 5.69 Å². The topological polar surface area (TPSA) is 32.7 Å². The van der Waals surface area contributed by atoms with Crippen LogP contribution in [0.25, 0.3) is 0 Å². The molecule has 1 heterocycles. The van der Waals surface area contributed by atoms with Crippen molar-refractivity contribution in [3.63, 3.8) is 0 Å². The van der Waals surface area contributed by atoms with Crippen LogP contribution in [0.2, 0.25) is 0 Å². The lowest BCUT2D eigenvalue weighted by molar-refractivity contribution is 0.0881. The predicted molar refractivity (Wildman–Crippen MR) is 81.4 cm³/mol. The molecule has 2 aliphatic rings. The van der Waals surface area contributed by atoms with Gasteiger partial charge in [0.25, 0.3) is 0 Å². The van der Waals surface area contributed by atoms with E-state index in [0.717, 1.165) is 44.7 Å². The number of nitrogens with zero attached hydrogens (tertiary/aromatic N) is 1. The summed E-state index contributed by atoms with van der Waals surface area (Å²) in [5, 5.41) is 9.93. The van der Waals surface area contributed by atoms with Gasteiger partial charge in [-0.3, -0.25) is 0 Å². The Kier molecular flexibility index (Phi) is 4.16. The number of fused-ring (bicyclic) bond motifs is 1. The van der Waals surface area contributed by atoms with E-state index in [2.05, 4.69) is 23.1 Å². The number of ether oxygens (including phenoxy) is 1. The Hall–Kier alpha value is -1.22. The van der Waals surface area contributed by atoms with Crippen LogP contribution < -0.4 is 9.64 Å². The predicted octanol–water partition coefficient (Wildman–Crippen LogP) is 3.22. The molecule has 0 spiro atoms. The average Bonchev–Trinajstić information content (AvgIpc) is 2.71. The SMILES string of the molecule is OCC1(CN2CCCOc3ccccc32)CCCCC1. The molecule has 1 aromatic rings. The first kappa shape index (κ1) is 13.7. The minimum atomic E-state index is 0.0930. The fourth-order valence-corrected chi connectivity index (χ4v) is 3.64. The van der Waals surface area contributed by atoms with Gasteiger partial charge in [-0.15, -0.1) is 0 Å². The summed E-state index contributed by atoms with van der Waals surface area (Å²) in [5.41, 5.74) is 1.29. The molecule has 1 saturated carbocycles. The van der Waals surface area contributed by atoms with Crippen LogP contribution in [0.3, 0.4) is 0 Å². The lowest BCUT2D eigenvalue weighted by atomic mass is 9.74. The lowest BCUT2D eigenvalue weighted by Gasteiger charge is -2.40. The number of hydrogen-bond donors (Lipinski definition) is 1. The summed E-state index contributed by atoms with van der Waals surface area (Å²) in [7, 11) is 0. The van der Waals surface area contributed by atoms with Gasteiger partial charge in [0.2, 0.25) is 0 Å². The van der Waals surface area contributed by atoms with Gasteiger partial charge in [-0.2, -0.15) is 0 Å². The van der Waals surface area contributed by atoms with Gasteiger partial charge in [-0.25, -0.2) is 0 Å². The van der Waals surface area contributed by atoms with Gasteiger partial charge < -0.3 is 14.7 Å². The van der Waals surface area contributed by atoms with Crippen molar-refractivity contribution in [2.75, 3.05) is 31.2 Å². The summed E-state index contributed by atoms with van der Waals surface area (Å²) in [5.74, 6) is 0.994. The van der Waals surface area contributed by atoms with E-state index in [1.807, 2.05) is 6.07 Å². The summed E-state index contributed by atoms with van der Waals surface area (Å²) in [6, 6.07) is 8.31. The van der Waals surface area contributed by atoms with E-state index in [-0.39, 0.29) is 5.41 Å². The standard InChI is InChI=1S/C17H25NO2/c19-14-17(9-4-1-5-10-17)13-18-11-6-12-20-16-8-3-2-7-15(16)18/h2-3,7-8,19H,1,4-6,9-14H2. The van der Waals surface area contributed by atoms with Crippen molar-refractivity contribution in [3.05, 3.63) is 24.3 Å². The number of rotatable bonds is 3. The van der Waals surface area contributed by atoms with Crippen molar-refractivity contribution in [1.82, 2.24) is 0 Å². The Morgan fingerprint density at radius 2 is 1.90 bits per heavy atom. The monoisotopic (exact) mass is 275 g/mol. The molecule has 1 aliphatic carbocycles. The molecule has 0 unspecified atom stereocenters. The van der Waals surface area contributed by atoms with Crippen LogP contribution >= 0.6 is 0 Å². The van der Waals surface area contributed by atoms with E-state index >= 15 is 0 Å². The maximum atomic E-state index is 9.93. The van der Waals surface area contributed by atoms with Crippen LogP contribution in [0.1, 0.15) is 38.5 Å². The molecule has 3 heteroatoms. The van der Waals surface area contributed by atoms with Gasteiger partial charge in [-0.05, 0) is 31.4 Å². The van der Waals surface area contributed by atoms with Crippen molar-refractivity contribution in [3.8, 4) is 5.75 Å². The summed E-state index contributed by atoms with van der Waals surface area (Å²) < 4.78 is 5.83. The number of benzene rings is 1. The zero-order valence-corrected chi connectivity index (χ0v) is 12.2. The maximum Gasteiger partial charge on any atom is 0.142 e. The third kappa shape index (κ3) is 2.78. The fourth-order valence-electron chi connectivity index (χ4n) is 3.64. The summed E-state index contributed by atoms with van der Waals surface area (Å²) >= 11 is 0. The van der Waals surface area contributed by atoms with Crippen molar-refractivity contribution in [2.24, 2.45) is 5.41 Å². The fraction of sp³-hybridized carbons (Fsp3) is 0.647. The molecular formula is C17H25NO2. The Balaban J connectivity index is 1.82. The highest BCUT2D eigenvalue weighted by molar-refractivity contribution is 5.59. The molecule has 1 aliphatic heterocycles. The largest absolute Gasteiger partial charge is 0.491 e. The summed E-state index contributed by atoms with van der Waals surface area (Å²) in [6.45, 7) is 3.09. The van der Waals surface area contributed by atoms with Crippen LogP contribution in [0.15, 0.2) is 24.3 Å². The van der Waals surface area contributed by atoms with Crippen LogP contribution in [-0.2, 0) is 0 Å². The molecule has 3 rings (SSSR count). The van der Waals surface area contributed by atoms with Gasteiger partial charge in [-0.1, -0.05) is 31.4 Å². The second-order valence-electron chi connectivity index (χ2n) is 6.31. The highest BCUT2D eigenvalue weighted by atomic mass is 16.5. The van der Waals surface area contributed by atoms with Crippen LogP contribution in [0.5, 0.6) is 5.75 Å². The van der Waals surface area contributed by atoms with Crippen molar-refractivity contribution in [2.45, 2.75) is 38.5 Å². The molecule has 1 aromatic carbocycles. The highest BCUT2D eigenvalue weighted by Gasteiger charge is 2.34. The van der Waals surface area contributed by atoms with Gasteiger partial charge in [0.05, 0.1) is 18.9 Å². The molecule has 0 aromatic heterocycles. The van der Waals surface area contributed by atoms with E-state index in [1.54, 1.807) is 0 Å². The number of aliphatic hydroxyl groups is 1. The quantitative estimate of drug-likeness (QED) is 0.919. The van der Waals surface area contributed by atoms with Gasteiger partial charge >= 0.3 is 0 Å². The highest BCUT2D eigenvalue weighted by Crippen LogP contribution is 2.39. The molecule has 0 atom stereocenters. The van der Waals surface area contributed by atoms with Gasteiger partial charge in [0.15, 0.2) is 0 Å². The number of para-hydroxylation sites is 2.